The predicted molar refractivity (Wildman–Crippen MR) is 72.3 cm³/mol. The highest BCUT2D eigenvalue weighted by atomic mass is 16.5. The lowest BCUT2D eigenvalue weighted by Gasteiger charge is -2.06. The Kier molecular flexibility index (Phi) is 4.62. The van der Waals surface area contributed by atoms with Gasteiger partial charge in [0.05, 0.1) is 6.61 Å². The van der Waals surface area contributed by atoms with E-state index >= 15 is 0 Å². The van der Waals surface area contributed by atoms with Gasteiger partial charge in [0, 0.05) is 18.9 Å². The minimum atomic E-state index is -1.08. The minimum Gasteiger partial charge on any atom is -0.480 e. The van der Waals surface area contributed by atoms with Crippen molar-refractivity contribution >= 4 is 17.5 Å². The number of hydrogen-bond donors (Lipinski definition) is 2. The van der Waals surface area contributed by atoms with Crippen molar-refractivity contribution in [2.45, 2.75) is 0 Å². The molecule has 0 aliphatic carbocycles. The fourth-order valence-corrected chi connectivity index (χ4v) is 1.67. The van der Waals surface area contributed by atoms with Crippen LogP contribution in [-0.2, 0) is 9.53 Å². The molecular weight excluding hydrogens is 278 g/mol. The number of hydrogen-bond acceptors (Lipinski definition) is 5. The lowest BCUT2D eigenvalue weighted by Crippen LogP contribution is -2.33. The van der Waals surface area contributed by atoms with E-state index in [0.29, 0.717) is 5.65 Å². The zero-order valence-corrected chi connectivity index (χ0v) is 11.0. The summed E-state index contributed by atoms with van der Waals surface area (Å²) in [6, 6.07) is 5.06. The number of aliphatic carboxylic acids is 1. The number of nitrogens with one attached hydrogen (secondary N) is 1. The first-order valence-electron chi connectivity index (χ1n) is 6.14. The largest absolute Gasteiger partial charge is 0.480 e. The fourth-order valence-electron chi connectivity index (χ4n) is 1.67. The Labute approximate surface area is 119 Å². The Morgan fingerprint density at radius 3 is 2.95 bits per heavy atom. The van der Waals surface area contributed by atoms with E-state index in [1.54, 1.807) is 18.2 Å². The van der Waals surface area contributed by atoms with E-state index in [2.05, 4.69) is 10.3 Å². The standard InChI is InChI=1S/C13H13N3O5/c17-11(18)8-21-6-4-14-12(19)9-7-15-10-3-1-2-5-16(10)13(9)20/h1-3,5,7H,4,6,8H2,(H,14,19)(H,17,18). The molecule has 0 fully saturated rings. The molecule has 2 N–H and O–H groups in total. The maximum Gasteiger partial charge on any atom is 0.329 e. The third kappa shape index (κ3) is 3.63. The van der Waals surface area contributed by atoms with Crippen molar-refractivity contribution in [1.82, 2.24) is 14.7 Å². The van der Waals surface area contributed by atoms with Gasteiger partial charge in [0.1, 0.15) is 17.8 Å². The molecule has 21 heavy (non-hydrogen) atoms. The molecule has 2 heterocycles. The van der Waals surface area contributed by atoms with Gasteiger partial charge in [-0.15, -0.1) is 0 Å². The van der Waals surface area contributed by atoms with Gasteiger partial charge in [-0.2, -0.15) is 0 Å². The minimum absolute atomic E-state index is 0.0420. The van der Waals surface area contributed by atoms with Crippen molar-refractivity contribution in [3.05, 3.63) is 46.5 Å². The van der Waals surface area contributed by atoms with Crippen LogP contribution in [0.15, 0.2) is 35.4 Å². The molecule has 2 aromatic heterocycles. The normalized spacial score (nSPS) is 10.5. The molecule has 0 radical (unpaired) electrons. The number of rotatable bonds is 6. The van der Waals surface area contributed by atoms with Gasteiger partial charge in [-0.1, -0.05) is 6.07 Å². The van der Waals surface area contributed by atoms with Crippen LogP contribution in [0.3, 0.4) is 0 Å². The molecule has 0 aliphatic rings. The molecule has 2 aromatic rings. The summed E-state index contributed by atoms with van der Waals surface area (Å²) in [4.78, 5) is 38.2. The quantitative estimate of drug-likeness (QED) is 0.696. The van der Waals surface area contributed by atoms with Crippen molar-refractivity contribution in [1.29, 1.82) is 0 Å². The average Bonchev–Trinajstić information content (AvgIpc) is 2.47. The second kappa shape index (κ2) is 6.62. The van der Waals surface area contributed by atoms with Gasteiger partial charge in [0.15, 0.2) is 0 Å². The summed E-state index contributed by atoms with van der Waals surface area (Å²) in [7, 11) is 0. The van der Waals surface area contributed by atoms with E-state index < -0.39 is 24.0 Å². The lowest BCUT2D eigenvalue weighted by atomic mass is 10.3. The summed E-state index contributed by atoms with van der Waals surface area (Å²) in [6.07, 6.45) is 2.74. The molecule has 0 saturated carbocycles. The Morgan fingerprint density at radius 2 is 2.19 bits per heavy atom. The number of carbonyl (C=O) groups excluding carboxylic acids is 1. The van der Waals surface area contributed by atoms with Crippen LogP contribution >= 0.6 is 0 Å². The number of amides is 1. The monoisotopic (exact) mass is 291 g/mol. The third-order valence-electron chi connectivity index (χ3n) is 2.62. The second-order valence-electron chi connectivity index (χ2n) is 4.11. The number of carboxylic acids is 1. The maximum atomic E-state index is 12.1. The van der Waals surface area contributed by atoms with Crippen LogP contribution in [0.2, 0.25) is 0 Å². The molecule has 0 aromatic carbocycles. The van der Waals surface area contributed by atoms with Gasteiger partial charge in [0.2, 0.25) is 0 Å². The summed E-state index contributed by atoms with van der Waals surface area (Å²) >= 11 is 0. The molecule has 110 valence electrons. The molecule has 8 nitrogen and oxygen atoms in total. The molecule has 8 heteroatoms. The first-order chi connectivity index (χ1) is 10.1. The average molecular weight is 291 g/mol. The van der Waals surface area contributed by atoms with Crippen LogP contribution in [0.1, 0.15) is 10.4 Å². The van der Waals surface area contributed by atoms with Gasteiger partial charge >= 0.3 is 5.97 Å². The highest BCUT2D eigenvalue weighted by Crippen LogP contribution is 1.97. The van der Waals surface area contributed by atoms with Gasteiger partial charge in [0.25, 0.3) is 11.5 Å². The number of carboxylic acid groups (broad SMARTS) is 1. The second-order valence-corrected chi connectivity index (χ2v) is 4.11. The maximum absolute atomic E-state index is 12.1. The highest BCUT2D eigenvalue weighted by Gasteiger charge is 2.12. The first kappa shape index (κ1) is 14.7. The van der Waals surface area contributed by atoms with Gasteiger partial charge in [-0.3, -0.25) is 14.0 Å². The fraction of sp³-hybridized carbons (Fsp3) is 0.231. The number of carbonyl (C=O) groups is 2. The number of fused-ring (bicyclic) bond motifs is 1. The molecular formula is C13H13N3O5. The van der Waals surface area contributed by atoms with Crippen LogP contribution < -0.4 is 10.9 Å². The highest BCUT2D eigenvalue weighted by molar-refractivity contribution is 5.93. The third-order valence-corrected chi connectivity index (χ3v) is 2.62. The topological polar surface area (TPSA) is 110 Å². The summed E-state index contributed by atoms with van der Waals surface area (Å²) in [6.45, 7) is -0.292. The van der Waals surface area contributed by atoms with Crippen LogP contribution in [0, 0.1) is 0 Å². The van der Waals surface area contributed by atoms with E-state index in [1.165, 1.54) is 16.8 Å². The zero-order chi connectivity index (χ0) is 15.2. The van der Waals surface area contributed by atoms with Crippen molar-refractivity contribution < 1.29 is 19.4 Å². The SMILES string of the molecule is O=C(O)COCCNC(=O)c1cnc2ccccn2c1=O. The van der Waals surface area contributed by atoms with Gasteiger partial charge < -0.3 is 15.2 Å². The van der Waals surface area contributed by atoms with E-state index in [9.17, 15) is 14.4 Å². The van der Waals surface area contributed by atoms with Crippen molar-refractivity contribution in [3.8, 4) is 0 Å². The molecule has 0 aliphatic heterocycles. The smallest absolute Gasteiger partial charge is 0.329 e. The molecule has 2 rings (SSSR count). The summed E-state index contributed by atoms with van der Waals surface area (Å²) in [5.74, 6) is -1.66. The lowest BCUT2D eigenvalue weighted by molar-refractivity contribution is -0.142. The predicted octanol–water partition coefficient (Wildman–Crippen LogP) is -0.475. The van der Waals surface area contributed by atoms with Gasteiger partial charge in [-0.25, -0.2) is 9.78 Å². The summed E-state index contributed by atoms with van der Waals surface area (Å²) in [5, 5.41) is 10.8. The van der Waals surface area contributed by atoms with E-state index in [-0.39, 0.29) is 18.7 Å². The Hall–Kier alpha value is -2.74. The Morgan fingerprint density at radius 1 is 1.38 bits per heavy atom. The molecule has 1 amide bonds. The first-order valence-corrected chi connectivity index (χ1v) is 6.14. The van der Waals surface area contributed by atoms with Crippen LogP contribution in [0.4, 0.5) is 0 Å². The number of ether oxygens (including phenoxy) is 1. The molecule has 0 unspecified atom stereocenters. The van der Waals surface area contributed by atoms with E-state index in [1.807, 2.05) is 0 Å². The Bertz CT molecular complexity index is 725. The van der Waals surface area contributed by atoms with Crippen LogP contribution in [0.25, 0.3) is 5.65 Å². The zero-order valence-electron chi connectivity index (χ0n) is 11.0. The van der Waals surface area contributed by atoms with E-state index in [0.717, 1.165) is 0 Å². The number of aromatic nitrogens is 2. The molecule has 0 atom stereocenters. The molecule has 0 saturated heterocycles. The molecule has 0 spiro atoms. The van der Waals surface area contributed by atoms with Crippen molar-refractivity contribution in [2.75, 3.05) is 19.8 Å². The number of nitrogens with zero attached hydrogens (tertiary/aromatic N) is 2. The summed E-state index contributed by atoms with van der Waals surface area (Å²) < 4.78 is 6.04. The molecule has 0 bridgehead atoms. The van der Waals surface area contributed by atoms with Crippen LogP contribution in [-0.4, -0.2) is 46.1 Å². The number of pyridine rings is 1. The Balaban J connectivity index is 2.01. The summed E-state index contributed by atoms with van der Waals surface area (Å²) in [5.41, 5.74) is -0.106. The van der Waals surface area contributed by atoms with Crippen molar-refractivity contribution in [2.24, 2.45) is 0 Å². The van der Waals surface area contributed by atoms with Crippen molar-refractivity contribution in [3.63, 3.8) is 0 Å². The van der Waals surface area contributed by atoms with Gasteiger partial charge in [-0.05, 0) is 12.1 Å². The van der Waals surface area contributed by atoms with Crippen LogP contribution in [0.5, 0.6) is 0 Å². The van der Waals surface area contributed by atoms with E-state index in [4.69, 9.17) is 9.84 Å².